The maximum atomic E-state index is 11.2. The predicted molar refractivity (Wildman–Crippen MR) is 131 cm³/mol. The minimum atomic E-state index is -1.44. The maximum absolute atomic E-state index is 11.2. The molecular formula is C21H25Cl3MnN6O6. The van der Waals surface area contributed by atoms with Crippen molar-refractivity contribution in [2.45, 2.75) is 41.7 Å². The molecule has 3 heterocycles. The van der Waals surface area contributed by atoms with Gasteiger partial charge in [-0.2, -0.15) is 0 Å². The summed E-state index contributed by atoms with van der Waals surface area (Å²) in [6.07, 6.45) is 4.91. The standard InChI is InChI=1S/C8H9ClN2O2.C6H7ClN2O.C6H5ClN2O.CH4.Mn.2O/c1-3-13-8(12)6-4-10-5(2)11-7(6)9;2*1-4-8-2-5(3-10)6(7)9-4;;;;/h4H,3H2,1-2H3;2,10H,3H2,1H3;2-3H,1H3;1H4;;;. The van der Waals surface area contributed by atoms with E-state index in [-0.39, 0.29) is 29.9 Å². The van der Waals surface area contributed by atoms with Crippen molar-refractivity contribution in [3.8, 4) is 0 Å². The molecule has 12 nitrogen and oxygen atoms in total. The summed E-state index contributed by atoms with van der Waals surface area (Å²) in [4.78, 5) is 44.3. The van der Waals surface area contributed by atoms with E-state index in [9.17, 15) is 9.59 Å². The van der Waals surface area contributed by atoms with Crippen LogP contribution in [0.15, 0.2) is 18.6 Å². The first kappa shape index (κ1) is 36.5. The number of aliphatic hydroxyl groups excluding tert-OH is 1. The number of nitrogens with zero attached hydrogens (tertiary/aromatic N) is 6. The van der Waals surface area contributed by atoms with Gasteiger partial charge in [0.1, 0.15) is 38.5 Å². The fourth-order valence-electron chi connectivity index (χ4n) is 1.89. The summed E-state index contributed by atoms with van der Waals surface area (Å²) in [7, 11) is 0. The number of esters is 1. The van der Waals surface area contributed by atoms with Crippen LogP contribution in [0.25, 0.3) is 0 Å². The van der Waals surface area contributed by atoms with E-state index in [4.69, 9.17) is 52.3 Å². The molecule has 0 fully saturated rings. The second-order valence-electron chi connectivity index (χ2n) is 6.08. The number of halogens is 3. The fourth-order valence-corrected chi connectivity index (χ4v) is 2.59. The molecule has 0 bridgehead atoms. The van der Waals surface area contributed by atoms with Crippen LogP contribution in [0.3, 0.4) is 0 Å². The number of rotatable bonds is 4. The Balaban J connectivity index is 0. The average Bonchev–Trinajstić information content (AvgIpc) is 2.81. The number of aliphatic hydroxyl groups is 1. The Morgan fingerprint density at radius 1 is 0.919 bits per heavy atom. The molecule has 0 saturated heterocycles. The number of aromatic nitrogens is 6. The van der Waals surface area contributed by atoms with Crippen molar-refractivity contribution in [3.05, 3.63) is 68.2 Å². The number of aldehydes is 1. The van der Waals surface area contributed by atoms with Crippen LogP contribution in [-0.4, -0.2) is 53.9 Å². The van der Waals surface area contributed by atoms with Crippen LogP contribution in [0, 0.1) is 20.8 Å². The van der Waals surface area contributed by atoms with Crippen LogP contribution in [0.5, 0.6) is 0 Å². The van der Waals surface area contributed by atoms with Crippen molar-refractivity contribution in [2.75, 3.05) is 6.61 Å². The Bertz CT molecular complexity index is 1200. The fraction of sp³-hybridized carbons (Fsp3) is 0.333. The molecule has 0 aliphatic rings. The van der Waals surface area contributed by atoms with E-state index in [2.05, 4.69) is 29.9 Å². The molecule has 0 saturated carbocycles. The zero-order valence-electron chi connectivity index (χ0n) is 19.4. The van der Waals surface area contributed by atoms with Gasteiger partial charge in [-0.15, -0.1) is 0 Å². The second-order valence-corrected chi connectivity index (χ2v) is 7.35. The monoisotopic (exact) mass is 617 g/mol. The van der Waals surface area contributed by atoms with E-state index in [0.717, 1.165) is 0 Å². The zero-order chi connectivity index (χ0) is 27.7. The molecule has 0 aliphatic heterocycles. The molecule has 0 spiro atoms. The molecule has 203 valence electrons. The topological polar surface area (TPSA) is 175 Å². The van der Waals surface area contributed by atoms with E-state index < -0.39 is 20.8 Å². The third-order valence-corrected chi connectivity index (χ3v) is 4.39. The quantitative estimate of drug-likeness (QED) is 0.191. The Morgan fingerprint density at radius 3 is 1.78 bits per heavy atom. The summed E-state index contributed by atoms with van der Waals surface area (Å²) in [5, 5.41) is 9.31. The summed E-state index contributed by atoms with van der Waals surface area (Å²) < 4.78 is 21.6. The van der Waals surface area contributed by atoms with Gasteiger partial charge in [0.2, 0.25) is 0 Å². The predicted octanol–water partition coefficient (Wildman–Crippen LogP) is 4.19. The number of carbonyl (C=O) groups is 2. The van der Waals surface area contributed by atoms with Gasteiger partial charge < -0.3 is 9.84 Å². The number of carbonyl (C=O) groups excluding carboxylic acids is 2. The van der Waals surface area contributed by atoms with Gasteiger partial charge >= 0.3 is 28.5 Å². The van der Waals surface area contributed by atoms with Crippen LogP contribution in [0.2, 0.25) is 15.5 Å². The Morgan fingerprint density at radius 2 is 1.38 bits per heavy atom. The molecule has 37 heavy (non-hydrogen) atoms. The Hall–Kier alpha value is -2.67. The van der Waals surface area contributed by atoms with Gasteiger partial charge in [-0.05, 0) is 27.7 Å². The molecule has 0 aliphatic carbocycles. The first-order valence-corrected chi connectivity index (χ1v) is 11.7. The molecule has 16 heteroatoms. The number of aryl methyl sites for hydroxylation is 3. The molecule has 0 radical (unpaired) electrons. The molecule has 3 aromatic rings. The summed E-state index contributed by atoms with van der Waals surface area (Å²) in [6, 6.07) is 0. The van der Waals surface area contributed by atoms with Gasteiger partial charge in [-0.25, -0.2) is 34.7 Å². The molecule has 0 aromatic carbocycles. The second kappa shape index (κ2) is 20.4. The molecule has 1 N–H and O–H groups in total. The van der Waals surface area contributed by atoms with Gasteiger partial charge in [0.15, 0.2) is 6.29 Å². The van der Waals surface area contributed by atoms with Crippen LogP contribution in [0.4, 0.5) is 0 Å². The molecule has 0 atom stereocenters. The van der Waals surface area contributed by atoms with E-state index in [1.165, 1.54) is 18.6 Å². The summed E-state index contributed by atoms with van der Waals surface area (Å²) in [6.45, 7) is 7.07. The van der Waals surface area contributed by atoms with Crippen molar-refractivity contribution in [1.82, 2.24) is 29.9 Å². The zero-order valence-corrected chi connectivity index (χ0v) is 22.9. The van der Waals surface area contributed by atoms with Crippen molar-refractivity contribution in [1.29, 1.82) is 0 Å². The normalized spacial score (nSPS) is 8.97. The number of hydrogen-bond donors (Lipinski definition) is 1. The molecule has 3 rings (SSSR count). The SMILES string of the molecule is C.CCOC(=O)c1cnc(C)nc1Cl.Cc1ncc(C=O)c(Cl)n1.Cc1ncc(CO)c(Cl)n1.[O]=[Mn]=[O]. The minimum absolute atomic E-state index is 0. The molecular weight excluding hydrogens is 594 g/mol. The Kier molecular flexibility index (Phi) is 20.1. The number of hydrogen-bond acceptors (Lipinski definition) is 12. The third-order valence-electron chi connectivity index (χ3n) is 3.48. The van der Waals surface area contributed by atoms with Gasteiger partial charge in [-0.3, -0.25) is 4.79 Å². The van der Waals surface area contributed by atoms with Crippen LogP contribution in [0.1, 0.15) is 58.1 Å². The first-order valence-electron chi connectivity index (χ1n) is 9.63. The summed E-state index contributed by atoms with van der Waals surface area (Å²) in [5.74, 6) is 1.21. The van der Waals surface area contributed by atoms with E-state index in [0.29, 0.717) is 46.6 Å². The third kappa shape index (κ3) is 14.6. The van der Waals surface area contributed by atoms with Crippen molar-refractivity contribution < 1.29 is 41.9 Å². The Labute approximate surface area is 234 Å². The van der Waals surface area contributed by atoms with Crippen molar-refractivity contribution in [3.63, 3.8) is 0 Å². The van der Waals surface area contributed by atoms with Gasteiger partial charge in [0.05, 0.1) is 18.8 Å². The van der Waals surface area contributed by atoms with Crippen LogP contribution < -0.4 is 0 Å². The van der Waals surface area contributed by atoms with Gasteiger partial charge in [-0.1, -0.05) is 42.2 Å². The van der Waals surface area contributed by atoms with Gasteiger partial charge in [0.25, 0.3) is 0 Å². The average molecular weight is 619 g/mol. The summed E-state index contributed by atoms with van der Waals surface area (Å²) >= 11 is 15.4. The molecule has 0 amide bonds. The first-order chi connectivity index (χ1) is 17.0. The van der Waals surface area contributed by atoms with Crippen LogP contribution in [-0.2, 0) is 33.8 Å². The van der Waals surface area contributed by atoms with Gasteiger partial charge in [0, 0.05) is 24.2 Å². The van der Waals surface area contributed by atoms with E-state index in [1.807, 2.05) is 0 Å². The van der Waals surface area contributed by atoms with E-state index >= 15 is 0 Å². The van der Waals surface area contributed by atoms with Crippen LogP contribution >= 0.6 is 34.8 Å². The number of ether oxygens (including phenoxy) is 1. The molecule has 0 unspecified atom stereocenters. The molecule has 3 aromatic heterocycles. The van der Waals surface area contributed by atoms with Crippen molar-refractivity contribution in [2.24, 2.45) is 0 Å². The van der Waals surface area contributed by atoms with Crippen molar-refractivity contribution >= 4 is 47.1 Å². The summed E-state index contributed by atoms with van der Waals surface area (Å²) in [5.41, 5.74) is 1.09. The van der Waals surface area contributed by atoms with E-state index in [1.54, 1.807) is 27.7 Å².